The van der Waals surface area contributed by atoms with Crippen molar-refractivity contribution in [2.24, 2.45) is 0 Å². The fourth-order valence-corrected chi connectivity index (χ4v) is 1.35. The summed E-state index contributed by atoms with van der Waals surface area (Å²) in [5, 5.41) is 0. The molecule has 0 unspecified atom stereocenters. The number of carbonyl (C=O) groups excluding carboxylic acids is 1. The topological polar surface area (TPSA) is 26.3 Å². The Morgan fingerprint density at radius 3 is 1.28 bits per heavy atom. The standard InChI is InChI=1S/C12H7F15O2/c1-3-4(2)5(28)29-12(26,27)10(21,22)8(17,18)6(13,14)7(15,16)9(19,20)11(23,24)25/h2-3H2,1H3. The van der Waals surface area contributed by atoms with Crippen LogP contribution in [0, 0.1) is 0 Å². The molecule has 0 aliphatic heterocycles. The molecule has 0 aliphatic rings. The van der Waals surface area contributed by atoms with Gasteiger partial charge in [0, 0.05) is 5.57 Å². The second-order valence-electron chi connectivity index (χ2n) is 5.23. The second-order valence-corrected chi connectivity index (χ2v) is 5.23. The Kier molecular flexibility index (Phi) is 6.69. The van der Waals surface area contributed by atoms with Gasteiger partial charge in [0.2, 0.25) is 0 Å². The molecule has 17 heteroatoms. The van der Waals surface area contributed by atoms with Gasteiger partial charge in [-0.05, 0) is 6.42 Å². The first-order chi connectivity index (χ1) is 12.4. The Hall–Kier alpha value is -1.84. The summed E-state index contributed by atoms with van der Waals surface area (Å²) >= 11 is 0. The van der Waals surface area contributed by atoms with Crippen LogP contribution < -0.4 is 0 Å². The smallest absolute Gasteiger partial charge is 0.393 e. The Labute approximate surface area is 150 Å². The van der Waals surface area contributed by atoms with Crippen LogP contribution in [0.3, 0.4) is 0 Å². The molecule has 0 fully saturated rings. The van der Waals surface area contributed by atoms with Crippen LogP contribution in [-0.2, 0) is 9.53 Å². The summed E-state index contributed by atoms with van der Waals surface area (Å²) in [5.41, 5.74) is -1.13. The highest BCUT2D eigenvalue weighted by molar-refractivity contribution is 5.87. The predicted octanol–water partition coefficient (Wildman–Crippen LogP) is 5.83. The number of hydrogen-bond donors (Lipinski definition) is 0. The molecule has 0 saturated carbocycles. The molecule has 0 aromatic heterocycles. The van der Waals surface area contributed by atoms with Crippen molar-refractivity contribution in [1.82, 2.24) is 0 Å². The fourth-order valence-electron chi connectivity index (χ4n) is 1.35. The van der Waals surface area contributed by atoms with Gasteiger partial charge in [-0.3, -0.25) is 0 Å². The van der Waals surface area contributed by atoms with E-state index >= 15 is 0 Å². The van der Waals surface area contributed by atoms with Crippen molar-refractivity contribution in [3.8, 4) is 0 Å². The van der Waals surface area contributed by atoms with E-state index in [4.69, 9.17) is 0 Å². The maximum Gasteiger partial charge on any atom is 0.473 e. The van der Waals surface area contributed by atoms with Gasteiger partial charge in [0.1, 0.15) is 0 Å². The molecule has 2 nitrogen and oxygen atoms in total. The first-order valence-corrected chi connectivity index (χ1v) is 6.61. The second kappa shape index (κ2) is 7.14. The van der Waals surface area contributed by atoms with E-state index in [1.165, 1.54) is 0 Å². The SMILES string of the molecule is C=C(CC)C(=O)OC(F)(F)C(F)(F)C(F)(F)C(F)(F)C(F)(F)C(F)(F)C(F)(F)F. The van der Waals surface area contributed by atoms with Crippen LogP contribution in [0.5, 0.6) is 0 Å². The van der Waals surface area contributed by atoms with Crippen LogP contribution in [0.25, 0.3) is 0 Å². The highest BCUT2D eigenvalue weighted by atomic mass is 19.4. The van der Waals surface area contributed by atoms with Crippen LogP contribution in [0.1, 0.15) is 13.3 Å². The molecule has 0 aromatic carbocycles. The maximum atomic E-state index is 13.3. The normalized spacial score (nSPS) is 15.3. The first kappa shape index (κ1) is 27.2. The largest absolute Gasteiger partial charge is 0.473 e. The van der Waals surface area contributed by atoms with E-state index in [0.717, 1.165) is 6.92 Å². The third-order valence-electron chi connectivity index (χ3n) is 3.24. The van der Waals surface area contributed by atoms with E-state index in [2.05, 4.69) is 11.3 Å². The molecule has 0 bridgehead atoms. The summed E-state index contributed by atoms with van der Waals surface area (Å²) in [6, 6.07) is 0. The average molecular weight is 468 g/mol. The Balaban J connectivity index is 6.43. The highest BCUT2D eigenvalue weighted by Gasteiger charge is 2.94. The summed E-state index contributed by atoms with van der Waals surface area (Å²) in [4.78, 5) is 10.9. The molecule has 0 rings (SSSR count). The third-order valence-corrected chi connectivity index (χ3v) is 3.24. The van der Waals surface area contributed by atoms with Crippen molar-refractivity contribution in [1.29, 1.82) is 0 Å². The molecule has 0 aromatic rings. The number of alkyl halides is 15. The summed E-state index contributed by atoms with van der Waals surface area (Å²) < 4.78 is 195. The molecule has 0 atom stereocenters. The quantitative estimate of drug-likeness (QED) is 0.255. The van der Waals surface area contributed by atoms with Gasteiger partial charge in [-0.15, -0.1) is 0 Å². The first-order valence-electron chi connectivity index (χ1n) is 6.61. The molecule has 0 saturated heterocycles. The van der Waals surface area contributed by atoms with E-state index in [1.807, 2.05) is 0 Å². The average Bonchev–Trinajstić information content (AvgIpc) is 2.51. The number of rotatable bonds is 8. The molecule has 0 aliphatic carbocycles. The molecule has 0 N–H and O–H groups in total. The van der Waals surface area contributed by atoms with Crippen LogP contribution in [-0.4, -0.2) is 47.9 Å². The molecule has 29 heavy (non-hydrogen) atoms. The Morgan fingerprint density at radius 1 is 0.655 bits per heavy atom. The van der Waals surface area contributed by atoms with Crippen LogP contribution >= 0.6 is 0 Å². The summed E-state index contributed by atoms with van der Waals surface area (Å²) in [7, 11) is 0. The van der Waals surface area contributed by atoms with Crippen LogP contribution in [0.2, 0.25) is 0 Å². The molecule has 0 radical (unpaired) electrons. The van der Waals surface area contributed by atoms with Gasteiger partial charge in [-0.2, -0.15) is 65.9 Å². The number of hydrogen-bond acceptors (Lipinski definition) is 2. The monoisotopic (exact) mass is 468 g/mol. The van der Waals surface area contributed by atoms with E-state index in [-0.39, 0.29) is 0 Å². The van der Waals surface area contributed by atoms with Crippen LogP contribution in [0.15, 0.2) is 12.2 Å². The predicted molar refractivity (Wildman–Crippen MR) is 61.3 cm³/mol. The minimum Gasteiger partial charge on any atom is -0.393 e. The van der Waals surface area contributed by atoms with Gasteiger partial charge in [0.15, 0.2) is 0 Å². The third kappa shape index (κ3) is 3.83. The van der Waals surface area contributed by atoms with Crippen molar-refractivity contribution >= 4 is 5.97 Å². The lowest BCUT2D eigenvalue weighted by Gasteiger charge is -2.40. The molecular formula is C12H7F15O2. The van der Waals surface area contributed by atoms with E-state index in [1.54, 1.807) is 0 Å². The molecule has 0 heterocycles. The molecule has 0 amide bonds. The number of halogens is 15. The van der Waals surface area contributed by atoms with Gasteiger partial charge < -0.3 is 4.74 Å². The van der Waals surface area contributed by atoms with Gasteiger partial charge in [-0.1, -0.05) is 13.5 Å². The van der Waals surface area contributed by atoms with E-state index in [9.17, 15) is 70.7 Å². The van der Waals surface area contributed by atoms with Crippen molar-refractivity contribution in [3.63, 3.8) is 0 Å². The van der Waals surface area contributed by atoms with Crippen molar-refractivity contribution in [3.05, 3.63) is 12.2 Å². The summed E-state index contributed by atoms with van der Waals surface area (Å²) in [5.74, 6) is -43.6. The fraction of sp³-hybridized carbons (Fsp3) is 0.750. The highest BCUT2D eigenvalue weighted by Crippen LogP contribution is 2.62. The van der Waals surface area contributed by atoms with Crippen molar-refractivity contribution in [2.45, 2.75) is 55.2 Å². The Bertz CT molecular complexity index is 646. The molecule has 172 valence electrons. The van der Waals surface area contributed by atoms with Gasteiger partial charge >= 0.3 is 47.9 Å². The summed E-state index contributed by atoms with van der Waals surface area (Å²) in [6.45, 7) is 3.56. The zero-order valence-electron chi connectivity index (χ0n) is 13.4. The van der Waals surface area contributed by atoms with Crippen molar-refractivity contribution in [2.75, 3.05) is 0 Å². The number of carbonyl (C=O) groups is 1. The van der Waals surface area contributed by atoms with E-state index < -0.39 is 59.9 Å². The number of ether oxygens (including phenoxy) is 1. The lowest BCUT2D eigenvalue weighted by Crippen LogP contribution is -2.73. The minimum absolute atomic E-state index is 0.650. The lowest BCUT2D eigenvalue weighted by atomic mass is 9.93. The van der Waals surface area contributed by atoms with Gasteiger partial charge in [-0.25, -0.2) is 4.79 Å². The molecular weight excluding hydrogens is 461 g/mol. The van der Waals surface area contributed by atoms with Crippen molar-refractivity contribution < 1.29 is 75.4 Å². The van der Waals surface area contributed by atoms with E-state index in [0.29, 0.717) is 0 Å². The number of esters is 1. The minimum atomic E-state index is -8.43. The maximum absolute atomic E-state index is 13.3. The zero-order valence-corrected chi connectivity index (χ0v) is 13.4. The lowest BCUT2D eigenvalue weighted by molar-refractivity contribution is -0.467. The van der Waals surface area contributed by atoms with Gasteiger partial charge in [0.05, 0.1) is 0 Å². The van der Waals surface area contributed by atoms with Crippen LogP contribution in [0.4, 0.5) is 65.9 Å². The van der Waals surface area contributed by atoms with Gasteiger partial charge in [0.25, 0.3) is 0 Å². The Morgan fingerprint density at radius 2 is 0.966 bits per heavy atom. The summed E-state index contributed by atoms with van der Waals surface area (Å²) in [6.07, 6.45) is -15.4. The molecule has 0 spiro atoms. The zero-order chi connectivity index (χ0) is 24.1.